The molecule has 3 rings (SSSR count). The van der Waals surface area contributed by atoms with Gasteiger partial charge in [0.1, 0.15) is 0 Å². The SMILES string of the molecule is O=C(NCC(O)C1CCCC1)c1cccc2cc[nH]c12. The van der Waals surface area contributed by atoms with Crippen molar-refractivity contribution in [2.75, 3.05) is 6.54 Å². The van der Waals surface area contributed by atoms with Crippen molar-refractivity contribution in [2.24, 2.45) is 5.92 Å². The third kappa shape index (κ3) is 2.56. The summed E-state index contributed by atoms with van der Waals surface area (Å²) in [4.78, 5) is 15.3. The Hall–Kier alpha value is -1.81. The number of hydrogen-bond acceptors (Lipinski definition) is 2. The Morgan fingerprint density at radius 1 is 1.35 bits per heavy atom. The molecule has 1 aliphatic carbocycles. The summed E-state index contributed by atoms with van der Waals surface area (Å²) in [6, 6.07) is 7.59. The lowest BCUT2D eigenvalue weighted by Crippen LogP contribution is -2.35. The maximum absolute atomic E-state index is 12.2. The van der Waals surface area contributed by atoms with Gasteiger partial charge in [-0.25, -0.2) is 0 Å². The standard InChI is InChI=1S/C16H20N2O2/c19-14(11-4-1-2-5-11)10-18-16(20)13-7-3-6-12-8-9-17-15(12)13/h3,6-9,11,14,17,19H,1-2,4-5,10H2,(H,18,20). The van der Waals surface area contributed by atoms with E-state index in [1.807, 2.05) is 24.4 Å². The van der Waals surface area contributed by atoms with E-state index in [0.29, 0.717) is 18.0 Å². The maximum Gasteiger partial charge on any atom is 0.253 e. The van der Waals surface area contributed by atoms with Crippen molar-refractivity contribution >= 4 is 16.8 Å². The number of nitrogens with one attached hydrogen (secondary N) is 2. The molecule has 20 heavy (non-hydrogen) atoms. The highest BCUT2D eigenvalue weighted by Crippen LogP contribution is 2.27. The molecule has 4 nitrogen and oxygen atoms in total. The van der Waals surface area contributed by atoms with E-state index in [1.54, 1.807) is 6.07 Å². The van der Waals surface area contributed by atoms with E-state index in [9.17, 15) is 9.90 Å². The lowest BCUT2D eigenvalue weighted by atomic mass is 10.0. The number of H-pyrrole nitrogens is 1. The second-order valence-electron chi connectivity index (χ2n) is 5.57. The van der Waals surface area contributed by atoms with Crippen LogP contribution in [-0.4, -0.2) is 28.6 Å². The predicted octanol–water partition coefficient (Wildman–Crippen LogP) is 2.45. The van der Waals surface area contributed by atoms with Crippen molar-refractivity contribution in [3.8, 4) is 0 Å². The summed E-state index contributed by atoms with van der Waals surface area (Å²) in [6.07, 6.45) is 5.93. The molecule has 0 radical (unpaired) electrons. The zero-order valence-electron chi connectivity index (χ0n) is 11.4. The number of hydrogen-bond donors (Lipinski definition) is 3. The fourth-order valence-corrected chi connectivity index (χ4v) is 3.08. The Kier molecular flexibility index (Phi) is 3.74. The quantitative estimate of drug-likeness (QED) is 0.800. The molecule has 1 aromatic carbocycles. The Balaban J connectivity index is 1.65. The molecule has 1 atom stereocenters. The number of fused-ring (bicyclic) bond motifs is 1. The third-order valence-corrected chi connectivity index (χ3v) is 4.25. The molecule has 1 unspecified atom stereocenters. The Morgan fingerprint density at radius 3 is 2.95 bits per heavy atom. The van der Waals surface area contributed by atoms with Gasteiger partial charge in [-0.05, 0) is 30.9 Å². The van der Waals surface area contributed by atoms with Crippen LogP contribution in [-0.2, 0) is 0 Å². The van der Waals surface area contributed by atoms with Crippen molar-refractivity contribution in [1.82, 2.24) is 10.3 Å². The fraction of sp³-hybridized carbons (Fsp3) is 0.438. The summed E-state index contributed by atoms with van der Waals surface area (Å²) in [5, 5.41) is 14.0. The molecule has 0 aliphatic heterocycles. The van der Waals surface area contributed by atoms with Gasteiger partial charge in [-0.3, -0.25) is 4.79 Å². The highest BCUT2D eigenvalue weighted by atomic mass is 16.3. The molecule has 106 valence electrons. The molecule has 1 aliphatic rings. The molecule has 4 heteroatoms. The molecule has 1 aromatic heterocycles. The lowest BCUT2D eigenvalue weighted by molar-refractivity contribution is 0.0842. The molecule has 1 saturated carbocycles. The minimum Gasteiger partial charge on any atom is -0.391 e. The van der Waals surface area contributed by atoms with Crippen LogP contribution >= 0.6 is 0 Å². The van der Waals surface area contributed by atoms with Crippen molar-refractivity contribution in [3.05, 3.63) is 36.0 Å². The number of para-hydroxylation sites is 1. The summed E-state index contributed by atoms with van der Waals surface area (Å²) in [6.45, 7) is 0.334. The molecule has 1 fully saturated rings. The molecular formula is C16H20N2O2. The first-order valence-corrected chi connectivity index (χ1v) is 7.28. The molecule has 1 amide bonds. The maximum atomic E-state index is 12.2. The molecule has 3 N–H and O–H groups in total. The van der Waals surface area contributed by atoms with Crippen molar-refractivity contribution in [3.63, 3.8) is 0 Å². The normalized spacial score (nSPS) is 17.4. The topological polar surface area (TPSA) is 65.1 Å². The number of carbonyl (C=O) groups is 1. The summed E-state index contributed by atoms with van der Waals surface area (Å²) < 4.78 is 0. The van der Waals surface area contributed by atoms with Crippen LogP contribution < -0.4 is 5.32 Å². The van der Waals surface area contributed by atoms with Crippen molar-refractivity contribution in [1.29, 1.82) is 0 Å². The Labute approximate surface area is 118 Å². The average Bonchev–Trinajstić information content (AvgIpc) is 3.13. The fourth-order valence-electron chi connectivity index (χ4n) is 3.08. The minimum absolute atomic E-state index is 0.130. The number of rotatable bonds is 4. The van der Waals surface area contributed by atoms with E-state index in [2.05, 4.69) is 10.3 Å². The van der Waals surface area contributed by atoms with E-state index >= 15 is 0 Å². The summed E-state index contributed by atoms with van der Waals surface area (Å²) in [5.74, 6) is 0.215. The second-order valence-corrected chi connectivity index (χ2v) is 5.57. The van der Waals surface area contributed by atoms with E-state index in [0.717, 1.165) is 23.7 Å². The lowest BCUT2D eigenvalue weighted by Gasteiger charge is -2.18. The van der Waals surface area contributed by atoms with Crippen LogP contribution in [0.4, 0.5) is 0 Å². The van der Waals surface area contributed by atoms with Crippen LogP contribution in [0.3, 0.4) is 0 Å². The summed E-state index contributed by atoms with van der Waals surface area (Å²) in [5.41, 5.74) is 1.48. The van der Waals surface area contributed by atoms with E-state index in [1.165, 1.54) is 12.8 Å². The van der Waals surface area contributed by atoms with Gasteiger partial charge in [0.25, 0.3) is 5.91 Å². The summed E-state index contributed by atoms with van der Waals surface area (Å²) in [7, 11) is 0. The largest absolute Gasteiger partial charge is 0.391 e. The molecule has 1 heterocycles. The van der Waals surface area contributed by atoms with Gasteiger partial charge in [0.2, 0.25) is 0 Å². The zero-order chi connectivity index (χ0) is 13.9. The van der Waals surface area contributed by atoms with Crippen LogP contribution in [0.5, 0.6) is 0 Å². The van der Waals surface area contributed by atoms with Gasteiger partial charge in [0, 0.05) is 18.1 Å². The first-order valence-electron chi connectivity index (χ1n) is 7.28. The number of aromatic amines is 1. The third-order valence-electron chi connectivity index (χ3n) is 4.25. The van der Waals surface area contributed by atoms with Gasteiger partial charge in [-0.1, -0.05) is 25.0 Å². The number of carbonyl (C=O) groups excluding carboxylic acids is 1. The number of amides is 1. The molecule has 2 aromatic rings. The molecule has 0 spiro atoms. The smallest absolute Gasteiger partial charge is 0.253 e. The Bertz CT molecular complexity index is 599. The van der Waals surface area contributed by atoms with Crippen LogP contribution in [0.1, 0.15) is 36.0 Å². The first-order chi connectivity index (χ1) is 9.75. The zero-order valence-corrected chi connectivity index (χ0v) is 11.4. The minimum atomic E-state index is -0.427. The number of benzene rings is 1. The van der Waals surface area contributed by atoms with Crippen LogP contribution in [0.25, 0.3) is 10.9 Å². The van der Waals surface area contributed by atoms with Gasteiger partial charge in [-0.2, -0.15) is 0 Å². The number of aromatic nitrogens is 1. The van der Waals surface area contributed by atoms with Crippen molar-refractivity contribution < 1.29 is 9.90 Å². The Morgan fingerprint density at radius 2 is 2.15 bits per heavy atom. The number of aliphatic hydroxyl groups excluding tert-OH is 1. The highest BCUT2D eigenvalue weighted by Gasteiger charge is 2.23. The average molecular weight is 272 g/mol. The molecular weight excluding hydrogens is 252 g/mol. The van der Waals surface area contributed by atoms with Gasteiger partial charge in [-0.15, -0.1) is 0 Å². The van der Waals surface area contributed by atoms with Gasteiger partial charge in [0.05, 0.1) is 17.2 Å². The van der Waals surface area contributed by atoms with Crippen molar-refractivity contribution in [2.45, 2.75) is 31.8 Å². The van der Waals surface area contributed by atoms with Crippen LogP contribution in [0.2, 0.25) is 0 Å². The van der Waals surface area contributed by atoms with Gasteiger partial charge < -0.3 is 15.4 Å². The van der Waals surface area contributed by atoms with Crippen LogP contribution in [0.15, 0.2) is 30.5 Å². The summed E-state index contributed by atoms with van der Waals surface area (Å²) >= 11 is 0. The molecule has 0 bridgehead atoms. The van der Waals surface area contributed by atoms with Gasteiger partial charge >= 0.3 is 0 Å². The van der Waals surface area contributed by atoms with Gasteiger partial charge in [0.15, 0.2) is 0 Å². The second kappa shape index (κ2) is 5.67. The van der Waals surface area contributed by atoms with E-state index in [-0.39, 0.29) is 5.91 Å². The molecule has 0 saturated heterocycles. The monoisotopic (exact) mass is 272 g/mol. The first kappa shape index (κ1) is 13.2. The van der Waals surface area contributed by atoms with E-state index in [4.69, 9.17) is 0 Å². The van der Waals surface area contributed by atoms with E-state index < -0.39 is 6.10 Å². The predicted molar refractivity (Wildman–Crippen MR) is 78.6 cm³/mol. The van der Waals surface area contributed by atoms with Crippen LogP contribution in [0, 0.1) is 5.92 Å². The highest BCUT2D eigenvalue weighted by molar-refractivity contribution is 6.05. The number of aliphatic hydroxyl groups is 1.